The molecule has 0 saturated heterocycles. The molecule has 1 amide bonds. The Kier molecular flexibility index (Phi) is 6.29. The topological polar surface area (TPSA) is 65.4 Å². The van der Waals surface area contributed by atoms with E-state index in [0.29, 0.717) is 28.6 Å². The molecule has 0 atom stereocenters. The minimum atomic E-state index is -0.376. The van der Waals surface area contributed by atoms with E-state index in [0.717, 1.165) is 5.56 Å². The van der Waals surface area contributed by atoms with Crippen molar-refractivity contribution in [2.75, 3.05) is 14.2 Å². The standard InChI is InChI=1S/C22H22FN3O3/c1-15-24-10-11-26(15)19-7-4-17(12-18(19)23)14-25-22(27)9-6-16-5-8-20(28-2)21(13-16)29-3/h4-13H,14H2,1-3H3,(H,25,27). The van der Waals surface area contributed by atoms with E-state index in [2.05, 4.69) is 10.3 Å². The maximum atomic E-state index is 14.4. The zero-order valence-electron chi connectivity index (χ0n) is 16.5. The summed E-state index contributed by atoms with van der Waals surface area (Å²) in [6, 6.07) is 10.2. The second-order valence-corrected chi connectivity index (χ2v) is 6.30. The molecule has 0 saturated carbocycles. The van der Waals surface area contributed by atoms with Gasteiger partial charge in [-0.25, -0.2) is 9.37 Å². The molecule has 0 radical (unpaired) electrons. The van der Waals surface area contributed by atoms with Gasteiger partial charge in [-0.05, 0) is 48.4 Å². The van der Waals surface area contributed by atoms with Crippen LogP contribution in [0.2, 0.25) is 0 Å². The van der Waals surface area contributed by atoms with Crippen molar-refractivity contribution in [3.05, 3.63) is 77.6 Å². The lowest BCUT2D eigenvalue weighted by Gasteiger charge is -2.09. The molecule has 0 aliphatic heterocycles. The summed E-state index contributed by atoms with van der Waals surface area (Å²) in [5.41, 5.74) is 1.88. The Hall–Kier alpha value is -3.61. The lowest BCUT2D eigenvalue weighted by atomic mass is 10.1. The van der Waals surface area contributed by atoms with Crippen LogP contribution in [0, 0.1) is 12.7 Å². The van der Waals surface area contributed by atoms with Crippen LogP contribution in [0.25, 0.3) is 11.8 Å². The summed E-state index contributed by atoms with van der Waals surface area (Å²) >= 11 is 0. The number of carbonyl (C=O) groups is 1. The number of methoxy groups -OCH3 is 2. The first-order valence-corrected chi connectivity index (χ1v) is 8.98. The molecule has 1 N–H and O–H groups in total. The van der Waals surface area contributed by atoms with Crippen LogP contribution in [0.1, 0.15) is 17.0 Å². The number of rotatable bonds is 7. The third-order valence-electron chi connectivity index (χ3n) is 4.40. The van der Waals surface area contributed by atoms with Gasteiger partial charge < -0.3 is 19.4 Å². The summed E-state index contributed by atoms with van der Waals surface area (Å²) in [6.45, 7) is 2.02. The van der Waals surface area contributed by atoms with Gasteiger partial charge >= 0.3 is 0 Å². The van der Waals surface area contributed by atoms with E-state index in [4.69, 9.17) is 9.47 Å². The zero-order valence-corrected chi connectivity index (χ0v) is 16.5. The van der Waals surface area contributed by atoms with Crippen LogP contribution < -0.4 is 14.8 Å². The number of nitrogens with one attached hydrogen (secondary N) is 1. The molecular weight excluding hydrogens is 373 g/mol. The molecule has 0 aliphatic rings. The van der Waals surface area contributed by atoms with Gasteiger partial charge in [0.25, 0.3) is 0 Å². The highest BCUT2D eigenvalue weighted by atomic mass is 19.1. The quantitative estimate of drug-likeness (QED) is 0.620. The number of ether oxygens (including phenoxy) is 2. The molecule has 150 valence electrons. The normalized spacial score (nSPS) is 10.9. The molecule has 6 nitrogen and oxygen atoms in total. The molecule has 1 aromatic heterocycles. The van der Waals surface area contributed by atoms with Crippen molar-refractivity contribution in [1.82, 2.24) is 14.9 Å². The average Bonchev–Trinajstić information content (AvgIpc) is 3.16. The molecule has 7 heteroatoms. The van der Waals surface area contributed by atoms with Crippen LogP contribution in [0.3, 0.4) is 0 Å². The van der Waals surface area contributed by atoms with Crippen molar-refractivity contribution < 1.29 is 18.7 Å². The van der Waals surface area contributed by atoms with E-state index in [9.17, 15) is 9.18 Å². The second-order valence-electron chi connectivity index (χ2n) is 6.30. The molecule has 0 bridgehead atoms. The molecule has 0 fully saturated rings. The number of nitrogens with zero attached hydrogens (tertiary/aromatic N) is 2. The molecule has 29 heavy (non-hydrogen) atoms. The van der Waals surface area contributed by atoms with Crippen LogP contribution in [-0.2, 0) is 11.3 Å². The van der Waals surface area contributed by atoms with Crippen molar-refractivity contribution in [3.8, 4) is 17.2 Å². The van der Waals surface area contributed by atoms with Gasteiger partial charge in [-0.3, -0.25) is 4.79 Å². The van der Waals surface area contributed by atoms with Crippen molar-refractivity contribution in [3.63, 3.8) is 0 Å². The largest absolute Gasteiger partial charge is 0.493 e. The number of halogens is 1. The van der Waals surface area contributed by atoms with Gasteiger partial charge in [0.1, 0.15) is 11.6 Å². The fourth-order valence-corrected chi connectivity index (χ4v) is 2.86. The highest BCUT2D eigenvalue weighted by Gasteiger charge is 2.08. The summed E-state index contributed by atoms with van der Waals surface area (Å²) in [4.78, 5) is 16.2. The number of aryl methyl sites for hydroxylation is 1. The van der Waals surface area contributed by atoms with E-state index < -0.39 is 0 Å². The van der Waals surface area contributed by atoms with E-state index >= 15 is 0 Å². The summed E-state index contributed by atoms with van der Waals surface area (Å²) in [5, 5.41) is 2.75. The van der Waals surface area contributed by atoms with Gasteiger partial charge in [0.05, 0.1) is 19.9 Å². The molecular formula is C22H22FN3O3. The van der Waals surface area contributed by atoms with Crippen molar-refractivity contribution in [2.45, 2.75) is 13.5 Å². The Morgan fingerprint density at radius 2 is 1.97 bits per heavy atom. The van der Waals surface area contributed by atoms with Gasteiger partial charge in [0.2, 0.25) is 5.91 Å². The van der Waals surface area contributed by atoms with Crippen molar-refractivity contribution >= 4 is 12.0 Å². The minimum absolute atomic E-state index is 0.217. The van der Waals surface area contributed by atoms with E-state index in [1.54, 1.807) is 68.4 Å². The zero-order chi connectivity index (χ0) is 20.8. The number of amides is 1. The van der Waals surface area contributed by atoms with E-state index in [1.807, 2.05) is 6.07 Å². The predicted octanol–water partition coefficient (Wildman–Crippen LogP) is 3.67. The number of benzene rings is 2. The van der Waals surface area contributed by atoms with Gasteiger partial charge in [-0.2, -0.15) is 0 Å². The lowest BCUT2D eigenvalue weighted by Crippen LogP contribution is -2.20. The van der Waals surface area contributed by atoms with Gasteiger partial charge in [-0.15, -0.1) is 0 Å². The number of aromatic nitrogens is 2. The highest BCUT2D eigenvalue weighted by Crippen LogP contribution is 2.27. The highest BCUT2D eigenvalue weighted by molar-refractivity contribution is 5.91. The smallest absolute Gasteiger partial charge is 0.244 e. The fraction of sp³-hybridized carbons (Fsp3) is 0.182. The Balaban J connectivity index is 1.61. The van der Waals surface area contributed by atoms with Crippen LogP contribution >= 0.6 is 0 Å². The molecule has 1 heterocycles. The molecule has 0 spiro atoms. The summed E-state index contributed by atoms with van der Waals surface area (Å²) in [6.07, 6.45) is 6.41. The lowest BCUT2D eigenvalue weighted by molar-refractivity contribution is -0.116. The number of hydrogen-bond acceptors (Lipinski definition) is 4. The van der Waals surface area contributed by atoms with Crippen molar-refractivity contribution in [1.29, 1.82) is 0 Å². The van der Waals surface area contributed by atoms with Crippen LogP contribution in [0.15, 0.2) is 54.9 Å². The number of carbonyl (C=O) groups excluding carboxylic acids is 1. The Morgan fingerprint density at radius 1 is 1.17 bits per heavy atom. The van der Waals surface area contributed by atoms with Crippen LogP contribution in [0.5, 0.6) is 11.5 Å². The molecule has 2 aromatic carbocycles. The monoisotopic (exact) mass is 395 g/mol. The number of hydrogen-bond donors (Lipinski definition) is 1. The first kappa shape index (κ1) is 20.1. The summed E-state index contributed by atoms with van der Waals surface area (Å²) in [7, 11) is 3.11. The van der Waals surface area contributed by atoms with Crippen LogP contribution in [0.4, 0.5) is 4.39 Å². The van der Waals surface area contributed by atoms with Gasteiger partial charge in [-0.1, -0.05) is 12.1 Å². The van der Waals surface area contributed by atoms with Crippen molar-refractivity contribution in [2.24, 2.45) is 0 Å². The van der Waals surface area contributed by atoms with Gasteiger partial charge in [0, 0.05) is 25.0 Å². The Morgan fingerprint density at radius 3 is 2.62 bits per heavy atom. The molecule has 3 aromatic rings. The molecule has 0 unspecified atom stereocenters. The average molecular weight is 395 g/mol. The summed E-state index contributed by atoms with van der Waals surface area (Å²) < 4.78 is 26.5. The first-order valence-electron chi connectivity index (χ1n) is 8.98. The summed E-state index contributed by atoms with van der Waals surface area (Å²) in [5.74, 6) is 1.24. The van der Waals surface area contributed by atoms with Gasteiger partial charge in [0.15, 0.2) is 11.5 Å². The third-order valence-corrected chi connectivity index (χ3v) is 4.40. The maximum absolute atomic E-state index is 14.4. The Labute approximate surface area is 168 Å². The fourth-order valence-electron chi connectivity index (χ4n) is 2.86. The van der Waals surface area contributed by atoms with E-state index in [1.165, 1.54) is 12.1 Å². The maximum Gasteiger partial charge on any atom is 0.244 e. The minimum Gasteiger partial charge on any atom is -0.493 e. The molecule has 3 rings (SSSR count). The Bertz CT molecular complexity index is 1040. The molecule has 0 aliphatic carbocycles. The third kappa shape index (κ3) is 4.82. The second kappa shape index (κ2) is 9.05. The number of imidazole rings is 1. The first-order chi connectivity index (χ1) is 14.0. The van der Waals surface area contributed by atoms with Crippen LogP contribution in [-0.4, -0.2) is 29.7 Å². The predicted molar refractivity (Wildman–Crippen MR) is 109 cm³/mol. The van der Waals surface area contributed by atoms with E-state index in [-0.39, 0.29) is 18.3 Å². The SMILES string of the molecule is COc1ccc(C=CC(=O)NCc2ccc(-n3ccnc3C)c(F)c2)cc1OC.